The highest BCUT2D eigenvalue weighted by Crippen LogP contribution is 2.39. The lowest BCUT2D eigenvalue weighted by Gasteiger charge is -2.16. The van der Waals surface area contributed by atoms with Gasteiger partial charge in [-0.25, -0.2) is 0 Å². The summed E-state index contributed by atoms with van der Waals surface area (Å²) in [5.41, 5.74) is 0.876. The first-order valence-corrected chi connectivity index (χ1v) is 9.41. The van der Waals surface area contributed by atoms with Crippen molar-refractivity contribution in [2.24, 2.45) is 0 Å². The first kappa shape index (κ1) is 19.3. The van der Waals surface area contributed by atoms with Gasteiger partial charge in [0.1, 0.15) is 0 Å². The van der Waals surface area contributed by atoms with E-state index in [-0.39, 0.29) is 24.5 Å². The van der Waals surface area contributed by atoms with Gasteiger partial charge < -0.3 is 4.74 Å². The molecule has 1 heterocycles. The molecule has 1 aliphatic heterocycles. The number of ether oxygens (including phenoxy) is 1. The third kappa shape index (κ3) is 4.14. The van der Waals surface area contributed by atoms with Crippen LogP contribution in [0.3, 0.4) is 0 Å². The highest BCUT2D eigenvalue weighted by Gasteiger charge is 2.39. The molecule has 0 saturated heterocycles. The molecule has 1 aromatic carbocycles. The Kier molecular flexibility index (Phi) is 6.75. The van der Waals surface area contributed by atoms with Gasteiger partial charge >= 0.3 is 0 Å². The summed E-state index contributed by atoms with van der Waals surface area (Å²) in [5.74, 6) is 0.0482. The van der Waals surface area contributed by atoms with Gasteiger partial charge in [-0.2, -0.15) is 0 Å². The lowest BCUT2D eigenvalue weighted by molar-refractivity contribution is -0.137. The minimum absolute atomic E-state index is 0.0421. The summed E-state index contributed by atoms with van der Waals surface area (Å²) in [6.45, 7) is 6.27. The predicted molar refractivity (Wildman–Crippen MR) is 99.3 cm³/mol. The Morgan fingerprint density at radius 1 is 1.21 bits per heavy atom. The van der Waals surface area contributed by atoms with Gasteiger partial charge in [0.05, 0.1) is 34.8 Å². The van der Waals surface area contributed by atoms with Crippen LogP contribution in [0.25, 0.3) is 5.57 Å². The van der Waals surface area contributed by atoms with Gasteiger partial charge in [0, 0.05) is 10.6 Å². The van der Waals surface area contributed by atoms with Crippen molar-refractivity contribution >= 4 is 52.4 Å². The smallest absolute Gasteiger partial charge is 0.268 e. The van der Waals surface area contributed by atoms with Gasteiger partial charge in [0.25, 0.3) is 11.8 Å². The van der Waals surface area contributed by atoms with Gasteiger partial charge in [0.15, 0.2) is 0 Å². The molecule has 1 aromatic rings. The van der Waals surface area contributed by atoms with E-state index in [4.69, 9.17) is 27.9 Å². The molecular weight excluding hydrogens is 369 g/mol. The van der Waals surface area contributed by atoms with Crippen molar-refractivity contribution in [2.45, 2.75) is 26.9 Å². The maximum atomic E-state index is 12.8. The number of carbonyl (C=O) groups is 2. The predicted octanol–water partition coefficient (Wildman–Crippen LogP) is 4.25. The van der Waals surface area contributed by atoms with Crippen LogP contribution in [0.15, 0.2) is 23.1 Å². The summed E-state index contributed by atoms with van der Waals surface area (Å²) < 4.78 is 5.46. The van der Waals surface area contributed by atoms with Crippen LogP contribution in [0.1, 0.15) is 26.3 Å². The van der Waals surface area contributed by atoms with Crippen molar-refractivity contribution < 1.29 is 14.3 Å². The van der Waals surface area contributed by atoms with E-state index in [9.17, 15) is 9.59 Å². The summed E-state index contributed by atoms with van der Waals surface area (Å²) >= 11 is 13.5. The first-order chi connectivity index (χ1) is 11.4. The number of nitrogens with zero attached hydrogens (tertiary/aromatic N) is 1. The molecular formula is C17H19Cl2NO3S. The number of carbonyl (C=O) groups excluding carboxylic acids is 2. The SMILES string of the molecule is CCSC1=C(c2ccc(Cl)cc2Cl)C(=O)N(CCOC(C)C)C1=O. The van der Waals surface area contributed by atoms with Gasteiger partial charge in [-0.15, -0.1) is 11.8 Å². The second-order valence-corrected chi connectivity index (χ2v) is 7.56. The highest BCUT2D eigenvalue weighted by atomic mass is 35.5. The van der Waals surface area contributed by atoms with Crippen LogP contribution in [0, 0.1) is 0 Å². The molecule has 0 unspecified atom stereocenters. The van der Waals surface area contributed by atoms with E-state index in [1.807, 2.05) is 20.8 Å². The zero-order valence-electron chi connectivity index (χ0n) is 13.8. The Balaban J connectivity index is 2.35. The number of hydrogen-bond acceptors (Lipinski definition) is 4. The Morgan fingerprint density at radius 3 is 2.50 bits per heavy atom. The molecule has 4 nitrogen and oxygen atoms in total. The highest BCUT2D eigenvalue weighted by molar-refractivity contribution is 8.04. The van der Waals surface area contributed by atoms with Crippen LogP contribution in [-0.2, 0) is 14.3 Å². The fraction of sp³-hybridized carbons (Fsp3) is 0.412. The zero-order chi connectivity index (χ0) is 17.9. The maximum absolute atomic E-state index is 12.8. The normalized spacial score (nSPS) is 15.2. The quantitative estimate of drug-likeness (QED) is 0.655. The number of amides is 2. The van der Waals surface area contributed by atoms with Crippen LogP contribution in [0.5, 0.6) is 0 Å². The van der Waals surface area contributed by atoms with Crippen molar-refractivity contribution in [1.29, 1.82) is 0 Å². The monoisotopic (exact) mass is 387 g/mol. The largest absolute Gasteiger partial charge is 0.377 e. The van der Waals surface area contributed by atoms with Crippen molar-refractivity contribution in [3.8, 4) is 0 Å². The van der Waals surface area contributed by atoms with E-state index in [0.29, 0.717) is 38.4 Å². The minimum atomic E-state index is -0.340. The molecule has 0 aromatic heterocycles. The third-order valence-corrected chi connectivity index (χ3v) is 4.88. The Morgan fingerprint density at radius 2 is 1.92 bits per heavy atom. The van der Waals surface area contributed by atoms with E-state index in [1.54, 1.807) is 18.2 Å². The molecule has 7 heteroatoms. The van der Waals surface area contributed by atoms with E-state index < -0.39 is 0 Å². The first-order valence-electron chi connectivity index (χ1n) is 7.67. The zero-order valence-corrected chi connectivity index (χ0v) is 16.1. The molecule has 0 radical (unpaired) electrons. The lowest BCUT2D eigenvalue weighted by Crippen LogP contribution is -2.35. The van der Waals surface area contributed by atoms with Gasteiger partial charge in [0.2, 0.25) is 0 Å². The van der Waals surface area contributed by atoms with Crippen molar-refractivity contribution in [3.05, 3.63) is 38.7 Å². The molecule has 0 bridgehead atoms. The van der Waals surface area contributed by atoms with Crippen molar-refractivity contribution in [3.63, 3.8) is 0 Å². The molecule has 0 saturated carbocycles. The number of hydrogen-bond donors (Lipinski definition) is 0. The molecule has 0 atom stereocenters. The van der Waals surface area contributed by atoms with E-state index in [1.165, 1.54) is 16.7 Å². The third-order valence-electron chi connectivity index (χ3n) is 3.38. The summed E-state index contributed by atoms with van der Waals surface area (Å²) in [6, 6.07) is 4.91. The van der Waals surface area contributed by atoms with E-state index in [0.717, 1.165) is 0 Å². The Bertz CT molecular complexity index is 688. The molecule has 0 N–H and O–H groups in total. The van der Waals surface area contributed by atoms with Gasteiger partial charge in [-0.1, -0.05) is 36.2 Å². The fourth-order valence-electron chi connectivity index (χ4n) is 2.34. The number of halogens is 2. The summed E-state index contributed by atoms with van der Waals surface area (Å²) in [4.78, 5) is 27.1. The average molecular weight is 388 g/mol. The van der Waals surface area contributed by atoms with Crippen LogP contribution in [-0.4, -0.2) is 41.7 Å². The van der Waals surface area contributed by atoms with Crippen LogP contribution in [0.4, 0.5) is 0 Å². The number of imide groups is 1. The Hall–Kier alpha value is -1.01. The Labute approximate surface area is 156 Å². The molecule has 0 aliphatic carbocycles. The number of thioether (sulfide) groups is 1. The second-order valence-electron chi connectivity index (χ2n) is 5.44. The molecule has 0 fully saturated rings. The van der Waals surface area contributed by atoms with Crippen LogP contribution >= 0.6 is 35.0 Å². The number of benzene rings is 1. The van der Waals surface area contributed by atoms with Crippen molar-refractivity contribution in [1.82, 2.24) is 4.90 Å². The summed E-state index contributed by atoms with van der Waals surface area (Å²) in [7, 11) is 0. The summed E-state index contributed by atoms with van der Waals surface area (Å²) in [5, 5.41) is 0.834. The van der Waals surface area contributed by atoms with E-state index in [2.05, 4.69) is 0 Å². The topological polar surface area (TPSA) is 46.6 Å². The molecule has 24 heavy (non-hydrogen) atoms. The van der Waals surface area contributed by atoms with Crippen LogP contribution in [0.2, 0.25) is 10.0 Å². The maximum Gasteiger partial charge on any atom is 0.268 e. The summed E-state index contributed by atoms with van der Waals surface area (Å²) in [6.07, 6.45) is 0.0421. The molecule has 1 aliphatic rings. The lowest BCUT2D eigenvalue weighted by atomic mass is 10.1. The standard InChI is InChI=1S/C17H19Cl2NO3S/c1-4-24-15-14(12-6-5-11(18)9-13(12)19)16(21)20(17(15)22)7-8-23-10(2)3/h5-6,9-10H,4,7-8H2,1-3H3. The minimum Gasteiger partial charge on any atom is -0.377 e. The fourth-order valence-corrected chi connectivity index (χ4v) is 3.71. The van der Waals surface area contributed by atoms with E-state index >= 15 is 0 Å². The van der Waals surface area contributed by atoms with Crippen LogP contribution < -0.4 is 0 Å². The van der Waals surface area contributed by atoms with Gasteiger partial charge in [-0.05, 0) is 31.7 Å². The molecule has 2 rings (SSSR count). The molecule has 2 amide bonds. The number of rotatable bonds is 7. The molecule has 130 valence electrons. The van der Waals surface area contributed by atoms with Gasteiger partial charge in [-0.3, -0.25) is 14.5 Å². The second kappa shape index (κ2) is 8.39. The molecule has 0 spiro atoms. The average Bonchev–Trinajstić information content (AvgIpc) is 2.72. The van der Waals surface area contributed by atoms with Crippen molar-refractivity contribution in [2.75, 3.05) is 18.9 Å².